The summed E-state index contributed by atoms with van der Waals surface area (Å²) in [6, 6.07) is 118. The standard InChI is InChI=1S/C28H33O2S.C24H27O3S.C22H19O2S.C20H15Cl2OS.C20H17O3S2/c1-27(2,3)20-9-13-25-23(17-20)30-24-18-21(28(4,5)6)10-14-26(24)31(25)22-11-7-19(8-12-22)15-16-29;1-25-16-19-4-10-22(11-5-19)28(23-12-6-20(7-13-23)17-26-2)24-14-8-21(9-15-24)18-27-3;23-15-5-8-20(24)16-11-13-17(14-12-16)25-21-9-3-1-6-18(21)19-7-2-4-10-22(19)25;21-14-3-7-19-17(11-14)18-12-15(22)4-8-20(18)24(19)16-5-1-13(2-6-16)9-10-23;21-13-14-25(22,23)16-11-9-15(10-12-16)24-19-7-3-1-5-17(19)18-6-2-4-8-20(18)24/h7-14,17-18,29H,15-16H2,1-6H3;4-15H,16-18H2,1-3H3;1-4,6-7,9-14,23H,5,8,15H2;1-8,11-12,23H,9-10H2;1-12,21H,13-14H2/q5*+1. The number of fused-ring (bicyclic) bond motifs is 11. The number of aliphatic hydroxyl groups excluding tert-OH is 4. The number of hydrogen-bond acceptors (Lipinski definition) is 11. The molecule has 0 atom stereocenters. The number of carbonyl (C=O) groups excluding carboxylic acids is 1. The second-order valence-electron chi connectivity index (χ2n) is 34.5. The lowest BCUT2D eigenvalue weighted by atomic mass is 9.87. The van der Waals surface area contributed by atoms with Gasteiger partial charge in [0.1, 0.15) is 10.9 Å². The van der Waals surface area contributed by atoms with E-state index in [9.17, 15) is 18.3 Å². The SMILES string of the molecule is CC(C)(C)c1ccc2c(c1)Oc1cc(C(C)(C)C)ccc1[S+]2c1ccc(CCO)cc1.COCc1ccc([S+](c2ccc(COC)cc2)c2ccc(COC)cc2)cc1.O=C(CCCO)c1ccc(-[s+]2c3ccccc3c3ccccc32)cc1.O=S(=O)(CCO)c1ccc(-[s+]2c3ccccc3c3ccccc32)cc1.OCCc1ccc(-[s+]2c3ccc(Cl)cc3c3cc(Cl)ccc32)cc1. The highest BCUT2D eigenvalue weighted by atomic mass is 35.5. The highest BCUT2D eigenvalue weighted by Gasteiger charge is 2.41. The zero-order valence-corrected chi connectivity index (χ0v) is 82.6. The van der Waals surface area contributed by atoms with Crippen molar-refractivity contribution in [1.29, 1.82) is 0 Å². The van der Waals surface area contributed by atoms with Gasteiger partial charge in [-0.05, 0) is 275 Å². The van der Waals surface area contributed by atoms with Crippen LogP contribution in [0.4, 0.5) is 0 Å². The van der Waals surface area contributed by atoms with Crippen LogP contribution >= 0.6 is 54.6 Å². The van der Waals surface area contributed by atoms with Crippen LogP contribution in [0.2, 0.25) is 10.0 Å². The Hall–Kier alpha value is -10.6. The number of halogens is 2. The predicted molar refractivity (Wildman–Crippen MR) is 560 cm³/mol. The summed E-state index contributed by atoms with van der Waals surface area (Å²) in [4.78, 5) is 23.6. The molecular weight excluding hydrogens is 1810 g/mol. The molecule has 0 amide bonds. The average molecular weight is 1920 g/mol. The van der Waals surface area contributed by atoms with Crippen molar-refractivity contribution in [2.75, 3.05) is 53.5 Å². The summed E-state index contributed by atoms with van der Waals surface area (Å²) in [7, 11) is 0.860. The lowest BCUT2D eigenvalue weighted by Gasteiger charge is -2.26. The van der Waals surface area contributed by atoms with Crippen LogP contribution in [-0.2, 0) is 89.3 Å². The van der Waals surface area contributed by atoms with Gasteiger partial charge in [0.15, 0.2) is 89.6 Å². The summed E-state index contributed by atoms with van der Waals surface area (Å²) in [5.74, 6) is 1.78. The summed E-state index contributed by atoms with van der Waals surface area (Å²) in [6.45, 7) is 15.4. The van der Waals surface area contributed by atoms with Crippen LogP contribution in [0.25, 0.3) is 75.2 Å². The summed E-state index contributed by atoms with van der Waals surface area (Å²) >= 11 is 12.5. The summed E-state index contributed by atoms with van der Waals surface area (Å²) in [5.41, 5.74) is 9.27. The largest absolute Gasteiger partial charge is 0.447 e. The molecule has 0 radical (unpaired) electrons. The maximum Gasteiger partial charge on any atom is 0.209 e. The van der Waals surface area contributed by atoms with Gasteiger partial charge in [0.25, 0.3) is 0 Å². The monoisotopic (exact) mass is 1920 g/mol. The minimum atomic E-state index is -3.42. The van der Waals surface area contributed by atoms with Crippen LogP contribution in [-0.4, -0.2) is 88.1 Å². The third-order valence-electron chi connectivity index (χ3n) is 23.2. The van der Waals surface area contributed by atoms with E-state index in [-0.39, 0.29) is 107 Å². The fraction of sp³-hybridized carbons (Fsp3) is 0.202. The molecule has 0 fully saturated rings. The fourth-order valence-corrected chi connectivity index (χ4v) is 29.1. The molecule has 0 unspecified atom stereocenters. The lowest BCUT2D eigenvalue weighted by Crippen LogP contribution is -2.17. The van der Waals surface area contributed by atoms with Crippen molar-refractivity contribution in [3.63, 3.8) is 0 Å². The molecule has 133 heavy (non-hydrogen) atoms. The minimum absolute atomic E-state index is 0.0564. The molecule has 19 rings (SSSR count). The Morgan fingerprint density at radius 2 is 0.692 bits per heavy atom. The number of ether oxygens (including phenoxy) is 4. The second-order valence-corrected chi connectivity index (χ2v) is 47.3. The Balaban J connectivity index is 0.000000127. The number of methoxy groups -OCH3 is 3. The second kappa shape index (κ2) is 44.2. The highest BCUT2D eigenvalue weighted by molar-refractivity contribution is 7.97. The van der Waals surface area contributed by atoms with Gasteiger partial charge < -0.3 is 39.4 Å². The lowest BCUT2D eigenvalue weighted by molar-refractivity contribution is 0.0971. The Morgan fingerprint density at radius 1 is 0.361 bits per heavy atom. The van der Waals surface area contributed by atoms with E-state index in [0.717, 1.165) is 43.1 Å². The number of hydrogen-bond donors (Lipinski definition) is 4. The molecular formula is C114H111Cl2O11S6+5. The first-order chi connectivity index (χ1) is 64.4. The van der Waals surface area contributed by atoms with Gasteiger partial charge >= 0.3 is 0 Å². The Bertz CT molecular complexity index is 6820. The predicted octanol–water partition coefficient (Wildman–Crippen LogP) is 29.0. The van der Waals surface area contributed by atoms with E-state index < -0.39 is 9.84 Å². The molecule has 3 aromatic heterocycles. The van der Waals surface area contributed by atoms with Crippen molar-refractivity contribution < 1.29 is 52.6 Å². The molecule has 19 heteroatoms. The van der Waals surface area contributed by atoms with Crippen LogP contribution in [0.3, 0.4) is 0 Å². The molecule has 4 heterocycles. The molecule has 4 N–H and O–H groups in total. The molecule has 18 aromatic rings. The van der Waals surface area contributed by atoms with E-state index in [4.69, 9.17) is 57.5 Å². The van der Waals surface area contributed by atoms with Crippen molar-refractivity contribution in [3.05, 3.63) is 394 Å². The van der Waals surface area contributed by atoms with Gasteiger partial charge in [-0.15, -0.1) is 0 Å². The normalized spacial score (nSPS) is 12.1. The molecule has 0 aliphatic carbocycles. The molecule has 11 nitrogen and oxygen atoms in total. The number of sulfone groups is 1. The van der Waals surface area contributed by atoms with E-state index in [0.29, 0.717) is 45.5 Å². The minimum Gasteiger partial charge on any atom is -0.447 e. The first kappa shape index (κ1) is 96.9. The third kappa shape index (κ3) is 22.6. The van der Waals surface area contributed by atoms with Gasteiger partial charge in [0.2, 0.25) is 9.79 Å². The number of aliphatic hydroxyl groups is 4. The van der Waals surface area contributed by atoms with Crippen molar-refractivity contribution in [2.45, 2.75) is 132 Å². The fourth-order valence-electron chi connectivity index (χ4n) is 16.4. The van der Waals surface area contributed by atoms with E-state index >= 15 is 0 Å². The van der Waals surface area contributed by atoms with Crippen molar-refractivity contribution in [1.82, 2.24) is 0 Å². The molecule has 0 saturated carbocycles. The van der Waals surface area contributed by atoms with Gasteiger partial charge in [-0.25, -0.2) is 8.42 Å². The molecule has 0 spiro atoms. The molecule has 0 bridgehead atoms. The van der Waals surface area contributed by atoms with Gasteiger partial charge in [0.05, 0.1) is 48.0 Å². The van der Waals surface area contributed by atoms with Crippen LogP contribution in [0.1, 0.15) is 104 Å². The van der Waals surface area contributed by atoms with Gasteiger partial charge in [-0.1, -0.05) is 186 Å². The average Bonchev–Trinajstić information content (AvgIpc) is 1.59. The van der Waals surface area contributed by atoms with Crippen molar-refractivity contribution >= 4 is 153 Å². The smallest absolute Gasteiger partial charge is 0.209 e. The Morgan fingerprint density at radius 3 is 1.03 bits per heavy atom. The highest BCUT2D eigenvalue weighted by Crippen LogP contribution is 2.54. The van der Waals surface area contributed by atoms with Gasteiger partial charge in [-0.2, -0.15) is 0 Å². The van der Waals surface area contributed by atoms with Crippen LogP contribution in [0, 0.1) is 0 Å². The van der Waals surface area contributed by atoms with Crippen LogP contribution in [0.15, 0.2) is 374 Å². The van der Waals surface area contributed by atoms with Gasteiger partial charge in [-0.3, -0.25) is 4.79 Å². The van der Waals surface area contributed by atoms with Crippen LogP contribution < -0.4 is 4.74 Å². The molecule has 0 saturated heterocycles. The molecule has 15 aromatic carbocycles. The molecule has 678 valence electrons. The number of benzene rings is 15. The topological polar surface area (TPSA) is 169 Å². The number of thiophene rings is 3. The summed E-state index contributed by atoms with van der Waals surface area (Å²) < 4.78 is 54.3. The number of carbonyl (C=O) groups is 1. The van der Waals surface area contributed by atoms with Crippen LogP contribution in [0.5, 0.6) is 11.5 Å². The molecule has 1 aliphatic rings. The zero-order chi connectivity index (χ0) is 93.5. The summed E-state index contributed by atoms with van der Waals surface area (Å²) in [6.07, 6.45) is 2.29. The Kier molecular flexibility index (Phi) is 32.3. The summed E-state index contributed by atoms with van der Waals surface area (Å²) in [5, 5.41) is 45.1. The maximum atomic E-state index is 12.1. The van der Waals surface area contributed by atoms with E-state index in [2.05, 4.69) is 296 Å². The first-order valence-corrected chi connectivity index (χ1v) is 52.9. The van der Waals surface area contributed by atoms with Crippen molar-refractivity contribution in [3.8, 4) is 26.2 Å². The van der Waals surface area contributed by atoms with Gasteiger partial charge in [0, 0.05) is 139 Å². The van der Waals surface area contributed by atoms with E-state index in [1.807, 2.05) is 72.8 Å². The molecule has 1 aliphatic heterocycles. The zero-order valence-electron chi connectivity index (χ0n) is 76.2. The third-order valence-corrected chi connectivity index (χ3v) is 36.9. The number of ketones is 1. The quantitative estimate of drug-likeness (QED) is 0.0336. The number of Topliss-reactive ketones (excluding diaryl/α,β-unsaturated/α-hetero) is 1. The van der Waals surface area contributed by atoms with E-state index in [1.54, 1.807) is 33.5 Å². The van der Waals surface area contributed by atoms with E-state index in [1.165, 1.54) is 127 Å². The van der Waals surface area contributed by atoms with Crippen molar-refractivity contribution in [2.24, 2.45) is 0 Å². The maximum absolute atomic E-state index is 12.1. The Labute approximate surface area is 804 Å². The first-order valence-electron chi connectivity index (χ1n) is 44.4. The number of rotatable bonds is 24.